The zero-order valence-electron chi connectivity index (χ0n) is 12.0. The first-order valence-electron chi connectivity index (χ1n) is 6.91. The molecule has 1 saturated heterocycles. The molecule has 0 saturated carbocycles. The standard InChI is InChI=1S/C14H18N4O2S.ClH/c15-8-12-6-7-17(10-12)21(19,20)14-9-16-18(11-14)13-4-2-1-3-5-13;/h1-5,9,11-12H,6-8,10,15H2;1H. The van der Waals surface area contributed by atoms with Crippen LogP contribution >= 0.6 is 12.4 Å². The Labute approximate surface area is 136 Å². The summed E-state index contributed by atoms with van der Waals surface area (Å²) < 4.78 is 28.2. The zero-order chi connectivity index (χ0) is 14.9. The highest BCUT2D eigenvalue weighted by Gasteiger charge is 2.32. The van der Waals surface area contributed by atoms with Gasteiger partial charge in [0.05, 0.1) is 18.1 Å². The van der Waals surface area contributed by atoms with Crippen molar-refractivity contribution in [3.8, 4) is 5.69 Å². The molecule has 0 amide bonds. The van der Waals surface area contributed by atoms with Crippen LogP contribution in [-0.2, 0) is 10.0 Å². The van der Waals surface area contributed by atoms with Crippen LogP contribution in [0.3, 0.4) is 0 Å². The van der Waals surface area contributed by atoms with Gasteiger partial charge in [0.1, 0.15) is 4.90 Å². The summed E-state index contributed by atoms with van der Waals surface area (Å²) in [6, 6.07) is 9.43. The van der Waals surface area contributed by atoms with Crippen molar-refractivity contribution >= 4 is 22.4 Å². The highest BCUT2D eigenvalue weighted by Crippen LogP contribution is 2.24. The lowest BCUT2D eigenvalue weighted by Crippen LogP contribution is -2.29. The maximum absolute atomic E-state index is 12.6. The van der Waals surface area contributed by atoms with Gasteiger partial charge in [0.25, 0.3) is 0 Å². The highest BCUT2D eigenvalue weighted by atomic mass is 35.5. The van der Waals surface area contributed by atoms with Gasteiger partial charge in [0.2, 0.25) is 10.0 Å². The highest BCUT2D eigenvalue weighted by molar-refractivity contribution is 7.89. The third-order valence-electron chi connectivity index (χ3n) is 3.80. The van der Waals surface area contributed by atoms with Crippen LogP contribution in [0, 0.1) is 5.92 Å². The Bertz CT molecular complexity index is 717. The number of nitrogens with two attached hydrogens (primary N) is 1. The second kappa shape index (κ2) is 6.78. The lowest BCUT2D eigenvalue weighted by Gasteiger charge is -2.14. The molecule has 1 atom stereocenters. The lowest BCUT2D eigenvalue weighted by atomic mass is 10.1. The first-order valence-corrected chi connectivity index (χ1v) is 8.35. The summed E-state index contributed by atoms with van der Waals surface area (Å²) in [7, 11) is -3.47. The molecule has 1 aromatic heterocycles. The van der Waals surface area contributed by atoms with Crippen molar-refractivity contribution in [3.63, 3.8) is 0 Å². The summed E-state index contributed by atoms with van der Waals surface area (Å²) in [4.78, 5) is 0.226. The first kappa shape index (κ1) is 17.0. The molecule has 8 heteroatoms. The van der Waals surface area contributed by atoms with Gasteiger partial charge in [0.15, 0.2) is 0 Å². The average molecular weight is 343 g/mol. The number of aromatic nitrogens is 2. The van der Waals surface area contributed by atoms with Crippen LogP contribution in [0.1, 0.15) is 6.42 Å². The third-order valence-corrected chi connectivity index (χ3v) is 5.62. The molecule has 2 aromatic rings. The molecule has 0 spiro atoms. The Hall–Kier alpha value is -1.41. The van der Waals surface area contributed by atoms with E-state index in [-0.39, 0.29) is 23.2 Å². The molecular formula is C14H19ClN4O2S. The number of sulfonamides is 1. The van der Waals surface area contributed by atoms with Gasteiger partial charge in [-0.05, 0) is 31.0 Å². The van der Waals surface area contributed by atoms with Gasteiger partial charge in [-0.1, -0.05) is 18.2 Å². The van der Waals surface area contributed by atoms with Gasteiger partial charge in [-0.2, -0.15) is 9.40 Å². The smallest absolute Gasteiger partial charge is 0.246 e. The zero-order valence-corrected chi connectivity index (χ0v) is 13.6. The monoisotopic (exact) mass is 342 g/mol. The molecule has 0 bridgehead atoms. The van der Waals surface area contributed by atoms with Crippen molar-refractivity contribution < 1.29 is 8.42 Å². The summed E-state index contributed by atoms with van der Waals surface area (Å²) in [5, 5.41) is 4.15. The topological polar surface area (TPSA) is 81.2 Å². The second-order valence-corrected chi connectivity index (χ2v) is 7.15. The first-order chi connectivity index (χ1) is 10.1. The van der Waals surface area contributed by atoms with Crippen LogP contribution < -0.4 is 5.73 Å². The number of halogens is 1. The second-order valence-electron chi connectivity index (χ2n) is 5.21. The Morgan fingerprint density at radius 3 is 2.64 bits per heavy atom. The molecule has 6 nitrogen and oxygen atoms in total. The summed E-state index contributed by atoms with van der Waals surface area (Å²) in [6.07, 6.45) is 3.78. The molecule has 0 aliphatic carbocycles. The molecule has 3 rings (SSSR count). The number of hydrogen-bond donors (Lipinski definition) is 1. The minimum atomic E-state index is -3.47. The Morgan fingerprint density at radius 1 is 1.27 bits per heavy atom. The maximum atomic E-state index is 12.6. The van der Waals surface area contributed by atoms with E-state index in [0.29, 0.717) is 19.6 Å². The van der Waals surface area contributed by atoms with Crippen molar-refractivity contribution in [1.82, 2.24) is 14.1 Å². The Kier molecular flexibility index (Phi) is 5.23. The molecule has 1 aliphatic rings. The predicted molar refractivity (Wildman–Crippen MR) is 86.7 cm³/mol. The van der Waals surface area contributed by atoms with E-state index in [0.717, 1.165) is 12.1 Å². The molecule has 2 heterocycles. The van der Waals surface area contributed by atoms with E-state index in [1.54, 1.807) is 10.9 Å². The van der Waals surface area contributed by atoms with Crippen LogP contribution in [0.2, 0.25) is 0 Å². The quantitative estimate of drug-likeness (QED) is 0.907. The van der Waals surface area contributed by atoms with E-state index in [2.05, 4.69) is 5.10 Å². The molecule has 1 fully saturated rings. The number of hydrogen-bond acceptors (Lipinski definition) is 4. The van der Waals surface area contributed by atoms with Crippen molar-refractivity contribution in [1.29, 1.82) is 0 Å². The lowest BCUT2D eigenvalue weighted by molar-refractivity contribution is 0.459. The molecule has 22 heavy (non-hydrogen) atoms. The van der Waals surface area contributed by atoms with Crippen molar-refractivity contribution in [2.75, 3.05) is 19.6 Å². The largest absolute Gasteiger partial charge is 0.330 e. The maximum Gasteiger partial charge on any atom is 0.246 e. The number of nitrogens with zero attached hydrogens (tertiary/aromatic N) is 3. The number of benzene rings is 1. The molecule has 1 unspecified atom stereocenters. The van der Waals surface area contributed by atoms with Gasteiger partial charge in [-0.15, -0.1) is 12.4 Å². The van der Waals surface area contributed by atoms with Crippen molar-refractivity contribution in [2.24, 2.45) is 11.7 Å². The van der Waals surface area contributed by atoms with E-state index < -0.39 is 10.0 Å². The van der Waals surface area contributed by atoms with Crippen molar-refractivity contribution in [3.05, 3.63) is 42.7 Å². The van der Waals surface area contributed by atoms with Gasteiger partial charge in [0, 0.05) is 13.1 Å². The van der Waals surface area contributed by atoms with Gasteiger partial charge < -0.3 is 5.73 Å². The predicted octanol–water partition coefficient (Wildman–Crippen LogP) is 1.26. The van der Waals surface area contributed by atoms with E-state index in [4.69, 9.17) is 5.73 Å². The molecule has 0 radical (unpaired) electrons. The minimum Gasteiger partial charge on any atom is -0.330 e. The molecule has 1 aromatic carbocycles. The van der Waals surface area contributed by atoms with Crippen molar-refractivity contribution in [2.45, 2.75) is 11.3 Å². The fraction of sp³-hybridized carbons (Fsp3) is 0.357. The molecule has 1 aliphatic heterocycles. The van der Waals surface area contributed by atoms with Gasteiger partial charge >= 0.3 is 0 Å². The van der Waals surface area contributed by atoms with Crippen LogP contribution in [0.15, 0.2) is 47.6 Å². The van der Waals surface area contributed by atoms with E-state index >= 15 is 0 Å². The summed E-state index contributed by atoms with van der Waals surface area (Å²) in [5.41, 5.74) is 6.45. The van der Waals surface area contributed by atoms with Crippen LogP contribution in [-0.4, -0.2) is 42.1 Å². The van der Waals surface area contributed by atoms with E-state index in [9.17, 15) is 8.42 Å². The number of para-hydroxylation sites is 1. The molecule has 2 N–H and O–H groups in total. The summed E-state index contributed by atoms with van der Waals surface area (Å²) in [5.74, 6) is 0.254. The van der Waals surface area contributed by atoms with E-state index in [1.807, 2.05) is 30.3 Å². The fourth-order valence-corrected chi connectivity index (χ4v) is 3.98. The van der Waals surface area contributed by atoms with Gasteiger partial charge in [-0.25, -0.2) is 13.1 Å². The average Bonchev–Trinajstić information content (AvgIpc) is 3.18. The normalized spacial score (nSPS) is 19.0. The Balaban J connectivity index is 0.00000176. The number of rotatable bonds is 4. The SMILES string of the molecule is Cl.NCC1CCN(S(=O)(=O)c2cnn(-c3ccccc3)c2)C1. The van der Waals surface area contributed by atoms with Crippen LogP contribution in [0.5, 0.6) is 0 Å². The molecule has 120 valence electrons. The fourth-order valence-electron chi connectivity index (χ4n) is 2.52. The van der Waals surface area contributed by atoms with Crippen LogP contribution in [0.25, 0.3) is 5.69 Å². The summed E-state index contributed by atoms with van der Waals surface area (Å²) in [6.45, 7) is 1.55. The molecular weight excluding hydrogens is 324 g/mol. The third kappa shape index (κ3) is 3.17. The van der Waals surface area contributed by atoms with Crippen LogP contribution in [0.4, 0.5) is 0 Å². The minimum absolute atomic E-state index is 0. The Morgan fingerprint density at radius 2 is 2.00 bits per heavy atom. The summed E-state index contributed by atoms with van der Waals surface area (Å²) >= 11 is 0. The van der Waals surface area contributed by atoms with Gasteiger partial charge in [-0.3, -0.25) is 0 Å². The van der Waals surface area contributed by atoms with E-state index in [1.165, 1.54) is 10.5 Å².